The van der Waals surface area contributed by atoms with E-state index in [1.54, 1.807) is 20.8 Å². The third-order valence-corrected chi connectivity index (χ3v) is 4.66. The first-order valence-corrected chi connectivity index (χ1v) is 7.54. The van der Waals surface area contributed by atoms with Crippen LogP contribution in [0.25, 0.3) is 0 Å². The zero-order valence-corrected chi connectivity index (χ0v) is 12.4. The molecule has 1 aromatic rings. The molecule has 5 nitrogen and oxygen atoms in total. The highest BCUT2D eigenvalue weighted by molar-refractivity contribution is 7.89. The van der Waals surface area contributed by atoms with Crippen molar-refractivity contribution < 1.29 is 18.3 Å². The monoisotopic (exact) mass is 295 g/mol. The summed E-state index contributed by atoms with van der Waals surface area (Å²) in [7, 11) is -3.85. The van der Waals surface area contributed by atoms with Crippen LogP contribution in [0, 0.1) is 26.2 Å². The first-order valence-electron chi connectivity index (χ1n) is 6.06. The molecule has 0 amide bonds. The molecule has 1 rings (SSSR count). The Morgan fingerprint density at radius 1 is 1.45 bits per heavy atom. The van der Waals surface area contributed by atoms with Gasteiger partial charge in [0, 0.05) is 0 Å². The quantitative estimate of drug-likeness (QED) is 0.810. The number of aryl methyl sites for hydroxylation is 1. The van der Waals surface area contributed by atoms with Gasteiger partial charge in [0.05, 0.1) is 16.5 Å². The number of hydrogen-bond acceptors (Lipinski definition) is 3. The van der Waals surface area contributed by atoms with Crippen molar-refractivity contribution in [3.63, 3.8) is 0 Å². The molecular formula is C14H17NO4S. The lowest BCUT2D eigenvalue weighted by Gasteiger charge is -2.15. The summed E-state index contributed by atoms with van der Waals surface area (Å²) in [6.45, 7) is 5.06. The van der Waals surface area contributed by atoms with E-state index in [1.807, 2.05) is 0 Å². The number of nitrogens with one attached hydrogen (secondary N) is 1. The number of benzene rings is 1. The standard InChI is InChI=1S/C14H17NO4S/c1-5-12(6-2)15-20(18,19)13-8-11(14(16)17)7-9(3)10(13)4/h1,7-8,12,15H,6H2,2-4H3,(H,16,17). The van der Waals surface area contributed by atoms with Crippen molar-refractivity contribution >= 4 is 16.0 Å². The second-order valence-electron chi connectivity index (χ2n) is 4.47. The molecule has 1 atom stereocenters. The van der Waals surface area contributed by atoms with Gasteiger partial charge in [-0.3, -0.25) is 0 Å². The fraction of sp³-hybridized carbons (Fsp3) is 0.357. The predicted octanol–water partition coefficient (Wildman–Crippen LogP) is 1.69. The van der Waals surface area contributed by atoms with Gasteiger partial charge in [0.2, 0.25) is 10.0 Å². The SMILES string of the molecule is C#CC(CC)NS(=O)(=O)c1cc(C(=O)O)cc(C)c1C. The second kappa shape index (κ2) is 6.07. The van der Waals surface area contributed by atoms with Gasteiger partial charge >= 0.3 is 5.97 Å². The molecule has 0 radical (unpaired) electrons. The van der Waals surface area contributed by atoms with Crippen molar-refractivity contribution in [1.82, 2.24) is 4.72 Å². The van der Waals surface area contributed by atoms with Crippen LogP contribution < -0.4 is 4.72 Å². The van der Waals surface area contributed by atoms with Gasteiger partial charge in [-0.2, -0.15) is 4.72 Å². The molecule has 0 spiro atoms. The van der Waals surface area contributed by atoms with Gasteiger partial charge in [0.1, 0.15) is 0 Å². The zero-order valence-electron chi connectivity index (χ0n) is 11.6. The van der Waals surface area contributed by atoms with Crippen LogP contribution in [-0.4, -0.2) is 25.5 Å². The highest BCUT2D eigenvalue weighted by Crippen LogP contribution is 2.21. The molecule has 0 aliphatic heterocycles. The van der Waals surface area contributed by atoms with Crippen LogP contribution in [0.15, 0.2) is 17.0 Å². The molecule has 0 saturated heterocycles. The summed E-state index contributed by atoms with van der Waals surface area (Å²) in [6, 6.07) is 1.97. The van der Waals surface area contributed by atoms with Crippen molar-refractivity contribution in [3.05, 3.63) is 28.8 Å². The third kappa shape index (κ3) is 3.38. The normalized spacial score (nSPS) is 12.7. The van der Waals surface area contributed by atoms with Crippen LogP contribution in [0.4, 0.5) is 0 Å². The molecule has 0 heterocycles. The molecule has 0 aromatic heterocycles. The van der Waals surface area contributed by atoms with E-state index in [-0.39, 0.29) is 10.5 Å². The Morgan fingerprint density at radius 3 is 2.50 bits per heavy atom. The van der Waals surface area contributed by atoms with Gasteiger partial charge in [-0.15, -0.1) is 6.42 Å². The van der Waals surface area contributed by atoms with Crippen molar-refractivity contribution in [1.29, 1.82) is 0 Å². The minimum absolute atomic E-state index is 0.0522. The Balaban J connectivity index is 3.38. The smallest absolute Gasteiger partial charge is 0.335 e. The maximum Gasteiger partial charge on any atom is 0.335 e. The molecule has 0 saturated carbocycles. The summed E-state index contributed by atoms with van der Waals surface area (Å²) >= 11 is 0. The third-order valence-electron chi connectivity index (χ3n) is 3.06. The van der Waals surface area contributed by atoms with Crippen LogP contribution in [-0.2, 0) is 10.0 Å². The molecular weight excluding hydrogens is 278 g/mol. The summed E-state index contributed by atoms with van der Waals surface area (Å²) in [5.74, 6) is 1.17. The van der Waals surface area contributed by atoms with Crippen molar-refractivity contribution in [3.8, 4) is 12.3 Å². The molecule has 0 fully saturated rings. The highest BCUT2D eigenvalue weighted by Gasteiger charge is 2.22. The van der Waals surface area contributed by atoms with Crippen LogP contribution in [0.5, 0.6) is 0 Å². The molecule has 108 valence electrons. The van der Waals surface area contributed by atoms with E-state index >= 15 is 0 Å². The van der Waals surface area contributed by atoms with E-state index < -0.39 is 22.0 Å². The van der Waals surface area contributed by atoms with E-state index in [0.717, 1.165) is 6.07 Å². The number of carboxylic acid groups (broad SMARTS) is 1. The number of aromatic carboxylic acids is 1. The van der Waals surface area contributed by atoms with Gasteiger partial charge in [0.25, 0.3) is 0 Å². The van der Waals surface area contributed by atoms with Crippen LogP contribution in [0.2, 0.25) is 0 Å². The Kier molecular flexibility index (Phi) is 4.93. The van der Waals surface area contributed by atoms with E-state index in [0.29, 0.717) is 17.5 Å². The Morgan fingerprint density at radius 2 is 2.05 bits per heavy atom. The summed E-state index contributed by atoms with van der Waals surface area (Å²) in [5.41, 5.74) is 1.04. The first kappa shape index (κ1) is 16.2. The summed E-state index contributed by atoms with van der Waals surface area (Å²) in [5, 5.41) is 9.02. The first-order chi connectivity index (χ1) is 9.22. The molecule has 0 aliphatic carbocycles. The number of hydrogen-bond donors (Lipinski definition) is 2. The number of terminal acetylenes is 1. The predicted molar refractivity (Wildman–Crippen MR) is 76.1 cm³/mol. The largest absolute Gasteiger partial charge is 0.478 e. The minimum atomic E-state index is -3.85. The minimum Gasteiger partial charge on any atom is -0.478 e. The maximum atomic E-state index is 12.3. The molecule has 1 aromatic carbocycles. The molecule has 0 aliphatic rings. The lowest BCUT2D eigenvalue weighted by atomic mass is 10.1. The Bertz CT molecular complexity index is 671. The van der Waals surface area contributed by atoms with Crippen molar-refractivity contribution in [2.75, 3.05) is 0 Å². The fourth-order valence-electron chi connectivity index (χ4n) is 1.72. The van der Waals surface area contributed by atoms with Crippen LogP contribution >= 0.6 is 0 Å². The van der Waals surface area contributed by atoms with Crippen LogP contribution in [0.1, 0.15) is 34.8 Å². The summed E-state index contributed by atoms with van der Waals surface area (Å²) in [4.78, 5) is 11.0. The average Bonchev–Trinajstić information content (AvgIpc) is 2.38. The van der Waals surface area contributed by atoms with Crippen molar-refractivity contribution in [2.45, 2.75) is 38.1 Å². The van der Waals surface area contributed by atoms with E-state index in [2.05, 4.69) is 10.6 Å². The molecule has 6 heteroatoms. The Hall–Kier alpha value is -1.84. The van der Waals surface area contributed by atoms with E-state index in [1.165, 1.54) is 6.07 Å². The number of carboxylic acids is 1. The average molecular weight is 295 g/mol. The molecule has 1 unspecified atom stereocenters. The lowest BCUT2D eigenvalue weighted by molar-refractivity contribution is 0.0696. The highest BCUT2D eigenvalue weighted by atomic mass is 32.2. The van der Waals surface area contributed by atoms with Gasteiger partial charge in [-0.25, -0.2) is 13.2 Å². The summed E-state index contributed by atoms with van der Waals surface area (Å²) in [6.07, 6.45) is 5.69. The lowest BCUT2D eigenvalue weighted by Crippen LogP contribution is -2.33. The summed E-state index contributed by atoms with van der Waals surface area (Å²) < 4.78 is 27.0. The van der Waals surface area contributed by atoms with Crippen LogP contribution in [0.3, 0.4) is 0 Å². The number of carbonyl (C=O) groups is 1. The molecule has 0 bridgehead atoms. The Labute approximate surface area is 119 Å². The van der Waals surface area contributed by atoms with Gasteiger partial charge < -0.3 is 5.11 Å². The topological polar surface area (TPSA) is 83.5 Å². The van der Waals surface area contributed by atoms with Gasteiger partial charge in [-0.05, 0) is 43.5 Å². The second-order valence-corrected chi connectivity index (χ2v) is 6.15. The van der Waals surface area contributed by atoms with Crippen molar-refractivity contribution in [2.24, 2.45) is 0 Å². The fourth-order valence-corrected chi connectivity index (χ4v) is 3.30. The number of sulfonamides is 1. The number of rotatable bonds is 5. The van der Waals surface area contributed by atoms with E-state index in [4.69, 9.17) is 11.5 Å². The van der Waals surface area contributed by atoms with Gasteiger partial charge in [0.15, 0.2) is 0 Å². The molecule has 2 N–H and O–H groups in total. The molecule has 20 heavy (non-hydrogen) atoms. The van der Waals surface area contributed by atoms with Gasteiger partial charge in [-0.1, -0.05) is 12.8 Å². The maximum absolute atomic E-state index is 12.3. The van der Waals surface area contributed by atoms with E-state index in [9.17, 15) is 13.2 Å². The zero-order chi connectivity index (χ0) is 15.5.